The van der Waals surface area contributed by atoms with Gasteiger partial charge in [0.15, 0.2) is 0 Å². The van der Waals surface area contributed by atoms with Crippen LogP contribution in [0.3, 0.4) is 0 Å². The molecule has 0 bridgehead atoms. The lowest BCUT2D eigenvalue weighted by molar-refractivity contribution is -0.131. The monoisotopic (exact) mass is 566 g/mol. The Morgan fingerprint density at radius 3 is 1.52 bits per heavy atom. The van der Waals surface area contributed by atoms with Gasteiger partial charge in [0.05, 0.1) is 0 Å². The average molecular weight is 567 g/mol. The minimum atomic E-state index is -0.654. The first-order valence-corrected chi connectivity index (χ1v) is 12.7. The third-order valence-electron chi connectivity index (χ3n) is 5.65. The number of hydrogen-bond acceptors (Lipinski definition) is 8. The van der Waals surface area contributed by atoms with Gasteiger partial charge in [-0.25, -0.2) is 19.2 Å². The van der Waals surface area contributed by atoms with E-state index in [2.05, 4.69) is 19.7 Å². The van der Waals surface area contributed by atoms with Crippen LogP contribution in [0.1, 0.15) is 33.3 Å². The van der Waals surface area contributed by atoms with Gasteiger partial charge in [-0.2, -0.15) is 0 Å². The number of carbonyl (C=O) groups is 4. The summed E-state index contributed by atoms with van der Waals surface area (Å²) in [6.45, 7) is 17.1. The van der Waals surface area contributed by atoms with Gasteiger partial charge in [0, 0.05) is 34.4 Å². The van der Waals surface area contributed by atoms with Crippen molar-refractivity contribution in [3.8, 4) is 34.1 Å². The third-order valence-corrected chi connectivity index (χ3v) is 5.65. The first-order valence-electron chi connectivity index (χ1n) is 12.7. The van der Waals surface area contributed by atoms with Gasteiger partial charge in [-0.15, -0.1) is 0 Å². The summed E-state index contributed by atoms with van der Waals surface area (Å²) in [5.41, 5.74) is 3.23. The number of carbonyl (C=O) groups excluding carboxylic acids is 4. The maximum absolute atomic E-state index is 12.7. The lowest BCUT2D eigenvalue weighted by Crippen LogP contribution is -2.10. The maximum Gasteiger partial charge on any atom is 0.338 e. The molecule has 0 saturated carbocycles. The zero-order valence-corrected chi connectivity index (χ0v) is 23.8. The summed E-state index contributed by atoms with van der Waals surface area (Å²) in [6.07, 6.45) is 1.31. The Hall–Kier alpha value is -5.50. The topological polar surface area (TPSA) is 105 Å². The molecule has 3 aromatic carbocycles. The van der Waals surface area contributed by atoms with Crippen molar-refractivity contribution in [1.29, 1.82) is 0 Å². The summed E-state index contributed by atoms with van der Waals surface area (Å²) in [6, 6.07) is 17.8. The molecule has 0 atom stereocenters. The molecule has 0 N–H and O–H groups in total. The quantitative estimate of drug-likeness (QED) is 0.150. The van der Waals surface area contributed by atoms with E-state index in [9.17, 15) is 19.2 Å². The maximum atomic E-state index is 12.7. The zero-order chi connectivity index (χ0) is 31.0. The molecule has 0 unspecified atom stereocenters. The van der Waals surface area contributed by atoms with Crippen molar-refractivity contribution in [2.45, 2.75) is 27.7 Å². The largest absolute Gasteiger partial charge is 0.423 e. The molecule has 8 heteroatoms. The molecule has 0 aliphatic carbocycles. The van der Waals surface area contributed by atoms with Crippen molar-refractivity contribution in [2.75, 3.05) is 0 Å². The molecule has 0 spiro atoms. The number of allylic oxidation sites excluding steroid dienone is 1. The van der Waals surface area contributed by atoms with Gasteiger partial charge in [0.2, 0.25) is 0 Å². The van der Waals surface area contributed by atoms with E-state index in [-0.39, 0.29) is 28.2 Å². The highest BCUT2D eigenvalue weighted by Crippen LogP contribution is 2.35. The van der Waals surface area contributed by atoms with Gasteiger partial charge in [-0.3, -0.25) is 0 Å². The van der Waals surface area contributed by atoms with Crippen LogP contribution in [-0.2, 0) is 19.2 Å². The highest BCUT2D eigenvalue weighted by atomic mass is 16.6. The second-order valence-electron chi connectivity index (χ2n) is 9.46. The third kappa shape index (κ3) is 8.50. The van der Waals surface area contributed by atoms with Gasteiger partial charge in [-0.05, 0) is 80.8 Å². The van der Waals surface area contributed by atoms with Crippen molar-refractivity contribution in [3.05, 3.63) is 115 Å². The van der Waals surface area contributed by atoms with Crippen molar-refractivity contribution in [3.63, 3.8) is 0 Å². The summed E-state index contributed by atoms with van der Waals surface area (Å²) >= 11 is 0. The van der Waals surface area contributed by atoms with Crippen LogP contribution < -0.4 is 18.9 Å². The molecule has 0 fully saturated rings. The number of ether oxygens (including phenoxy) is 4. The van der Waals surface area contributed by atoms with Crippen LogP contribution in [0.25, 0.3) is 16.7 Å². The van der Waals surface area contributed by atoms with Gasteiger partial charge < -0.3 is 18.9 Å². The Bertz CT molecular complexity index is 1610. The lowest BCUT2D eigenvalue weighted by Gasteiger charge is -2.13. The van der Waals surface area contributed by atoms with E-state index in [0.29, 0.717) is 33.8 Å². The van der Waals surface area contributed by atoms with Crippen LogP contribution in [0.15, 0.2) is 109 Å². The fourth-order valence-corrected chi connectivity index (χ4v) is 3.36. The zero-order valence-electron chi connectivity index (χ0n) is 23.8. The second kappa shape index (κ2) is 13.7. The summed E-state index contributed by atoms with van der Waals surface area (Å²) in [5.74, 6) is -1.43. The molecule has 42 heavy (non-hydrogen) atoms. The standard InChI is InChI=1S/C34H30O8/c1-20(2)32(36)40-26-12-8-24(9-13-26)23(7)18-31(35)39-28-16-17-29(30(19-28)42-34(38)22(5)6)25-10-14-27(15-11-25)41-33(37)21(3)4/h8-19H,1,3,5H2,2,4,6-7H3/b23-18+. The van der Waals surface area contributed by atoms with Crippen LogP contribution in [0.2, 0.25) is 0 Å². The molecular weight excluding hydrogens is 536 g/mol. The van der Waals surface area contributed by atoms with Gasteiger partial charge in [0.1, 0.15) is 23.0 Å². The predicted molar refractivity (Wildman–Crippen MR) is 159 cm³/mol. The van der Waals surface area contributed by atoms with Gasteiger partial charge in [-0.1, -0.05) is 44.0 Å². The van der Waals surface area contributed by atoms with E-state index < -0.39 is 23.9 Å². The van der Waals surface area contributed by atoms with E-state index in [0.717, 1.165) is 0 Å². The summed E-state index contributed by atoms with van der Waals surface area (Å²) in [4.78, 5) is 48.5. The Morgan fingerprint density at radius 1 is 0.571 bits per heavy atom. The molecule has 0 aliphatic heterocycles. The Labute approximate surface area is 244 Å². The molecule has 0 radical (unpaired) electrons. The first-order chi connectivity index (χ1) is 19.8. The van der Waals surface area contributed by atoms with Crippen LogP contribution in [0.4, 0.5) is 0 Å². The molecule has 0 aliphatic rings. The normalized spacial score (nSPS) is 10.7. The average Bonchev–Trinajstić information content (AvgIpc) is 2.93. The molecule has 0 heterocycles. The molecule has 0 amide bonds. The second-order valence-corrected chi connectivity index (χ2v) is 9.46. The van der Waals surface area contributed by atoms with Crippen LogP contribution in [0.5, 0.6) is 23.0 Å². The summed E-state index contributed by atoms with van der Waals surface area (Å²) < 4.78 is 21.4. The Kier molecular flexibility index (Phi) is 10.1. The SMILES string of the molecule is C=C(C)C(=O)Oc1ccc(/C(C)=C/C(=O)Oc2ccc(-c3ccc(OC(=O)C(=C)C)cc3)c(OC(=O)C(=C)C)c2)cc1. The highest BCUT2D eigenvalue weighted by molar-refractivity contribution is 5.93. The highest BCUT2D eigenvalue weighted by Gasteiger charge is 2.16. The number of hydrogen-bond donors (Lipinski definition) is 0. The van der Waals surface area contributed by atoms with Crippen molar-refractivity contribution < 1.29 is 38.1 Å². The number of esters is 4. The molecule has 3 rings (SSSR count). The molecule has 0 saturated heterocycles. The Balaban J connectivity index is 1.81. The smallest absolute Gasteiger partial charge is 0.338 e. The molecule has 214 valence electrons. The molecular formula is C34H30O8. The van der Waals surface area contributed by atoms with E-state index >= 15 is 0 Å². The van der Waals surface area contributed by atoms with Crippen LogP contribution in [0, 0.1) is 0 Å². The first kappa shape index (κ1) is 31.0. The number of benzene rings is 3. The minimum Gasteiger partial charge on any atom is -0.423 e. The summed E-state index contributed by atoms with van der Waals surface area (Å²) in [5, 5.41) is 0. The molecule has 3 aromatic rings. The van der Waals surface area contributed by atoms with Crippen LogP contribution >= 0.6 is 0 Å². The van der Waals surface area contributed by atoms with E-state index in [1.54, 1.807) is 81.4 Å². The van der Waals surface area contributed by atoms with E-state index in [4.69, 9.17) is 18.9 Å². The fraction of sp³-hybridized carbons (Fsp3) is 0.118. The molecule has 8 nitrogen and oxygen atoms in total. The Morgan fingerprint density at radius 2 is 1.02 bits per heavy atom. The van der Waals surface area contributed by atoms with Crippen molar-refractivity contribution >= 4 is 29.5 Å². The van der Waals surface area contributed by atoms with Gasteiger partial charge in [0.25, 0.3) is 0 Å². The lowest BCUT2D eigenvalue weighted by atomic mass is 10.0. The van der Waals surface area contributed by atoms with E-state index in [1.165, 1.54) is 19.1 Å². The molecule has 0 aromatic heterocycles. The summed E-state index contributed by atoms with van der Waals surface area (Å²) in [7, 11) is 0. The predicted octanol–water partition coefficient (Wildman–Crippen LogP) is 6.81. The fourth-order valence-electron chi connectivity index (χ4n) is 3.36. The van der Waals surface area contributed by atoms with Crippen LogP contribution in [-0.4, -0.2) is 23.9 Å². The number of rotatable bonds is 10. The van der Waals surface area contributed by atoms with Crippen molar-refractivity contribution in [1.82, 2.24) is 0 Å². The minimum absolute atomic E-state index is 0.139. The van der Waals surface area contributed by atoms with E-state index in [1.807, 2.05) is 0 Å². The van der Waals surface area contributed by atoms with Crippen molar-refractivity contribution in [2.24, 2.45) is 0 Å². The van der Waals surface area contributed by atoms with Gasteiger partial charge >= 0.3 is 23.9 Å².